The topological polar surface area (TPSA) is 58.2 Å². The van der Waals surface area contributed by atoms with Gasteiger partial charge in [0, 0.05) is 12.2 Å². The lowest BCUT2D eigenvalue weighted by Crippen LogP contribution is -2.36. The number of benzene rings is 1. The lowest BCUT2D eigenvalue weighted by Gasteiger charge is -2.09. The summed E-state index contributed by atoms with van der Waals surface area (Å²) in [5.41, 5.74) is 1.74. The molecular formula is C20H32N2O2. The first-order valence-electron chi connectivity index (χ1n) is 9.36. The van der Waals surface area contributed by atoms with E-state index in [1.54, 1.807) is 0 Å². The normalized spacial score (nSPS) is 10.4. The van der Waals surface area contributed by atoms with E-state index in [0.717, 1.165) is 24.8 Å². The first kappa shape index (κ1) is 20.2. The average Bonchev–Trinajstić information content (AvgIpc) is 2.60. The first-order valence-corrected chi connectivity index (χ1v) is 9.36. The minimum absolute atomic E-state index is 0.552. The number of carbonyl (C=O) groups is 2. The van der Waals surface area contributed by atoms with Crippen LogP contribution in [0.5, 0.6) is 0 Å². The molecule has 4 nitrogen and oxygen atoms in total. The zero-order valence-electron chi connectivity index (χ0n) is 15.2. The van der Waals surface area contributed by atoms with E-state index in [4.69, 9.17) is 0 Å². The van der Waals surface area contributed by atoms with E-state index in [2.05, 4.69) is 17.6 Å². The highest BCUT2D eigenvalue weighted by atomic mass is 16.2. The van der Waals surface area contributed by atoms with Gasteiger partial charge < -0.3 is 10.6 Å². The monoisotopic (exact) mass is 332 g/mol. The molecule has 0 unspecified atom stereocenters. The van der Waals surface area contributed by atoms with Gasteiger partial charge in [0.25, 0.3) is 0 Å². The third-order valence-electron chi connectivity index (χ3n) is 4.17. The highest BCUT2D eigenvalue weighted by molar-refractivity contribution is 6.39. The molecule has 0 spiro atoms. The van der Waals surface area contributed by atoms with Crippen molar-refractivity contribution >= 4 is 17.5 Å². The van der Waals surface area contributed by atoms with Crippen LogP contribution in [-0.2, 0) is 16.0 Å². The number of carbonyl (C=O) groups excluding carboxylic acids is 2. The summed E-state index contributed by atoms with van der Waals surface area (Å²) in [6.45, 7) is 4.81. The van der Waals surface area contributed by atoms with Gasteiger partial charge in [0.15, 0.2) is 0 Å². The maximum atomic E-state index is 11.9. The van der Waals surface area contributed by atoms with Crippen molar-refractivity contribution in [3.05, 3.63) is 29.8 Å². The van der Waals surface area contributed by atoms with E-state index in [-0.39, 0.29) is 0 Å². The molecule has 4 heteroatoms. The number of unbranched alkanes of at least 4 members (excludes halogenated alkanes) is 7. The van der Waals surface area contributed by atoms with Gasteiger partial charge >= 0.3 is 11.8 Å². The van der Waals surface area contributed by atoms with Crippen molar-refractivity contribution in [1.82, 2.24) is 5.32 Å². The first-order chi connectivity index (χ1) is 11.7. The van der Waals surface area contributed by atoms with Gasteiger partial charge in [0.1, 0.15) is 0 Å². The molecular weight excluding hydrogens is 300 g/mol. The number of hydrogen-bond acceptors (Lipinski definition) is 2. The summed E-state index contributed by atoms with van der Waals surface area (Å²) < 4.78 is 0. The summed E-state index contributed by atoms with van der Waals surface area (Å²) in [4.78, 5) is 23.8. The number of para-hydroxylation sites is 1. The van der Waals surface area contributed by atoms with Gasteiger partial charge in [0.05, 0.1) is 0 Å². The molecule has 0 bridgehead atoms. The predicted octanol–water partition coefficient (Wildman–Crippen LogP) is 4.44. The molecule has 0 heterocycles. The van der Waals surface area contributed by atoms with Crippen molar-refractivity contribution < 1.29 is 9.59 Å². The highest BCUT2D eigenvalue weighted by Gasteiger charge is 2.14. The molecule has 0 aliphatic rings. The van der Waals surface area contributed by atoms with Gasteiger partial charge in [0.2, 0.25) is 0 Å². The van der Waals surface area contributed by atoms with E-state index < -0.39 is 11.8 Å². The number of rotatable bonds is 11. The van der Waals surface area contributed by atoms with Crippen LogP contribution >= 0.6 is 0 Å². The van der Waals surface area contributed by atoms with Gasteiger partial charge in [-0.3, -0.25) is 9.59 Å². The van der Waals surface area contributed by atoms with Crippen molar-refractivity contribution in [2.45, 2.75) is 71.6 Å². The molecule has 0 saturated carbocycles. The molecule has 0 aromatic heterocycles. The van der Waals surface area contributed by atoms with Crippen LogP contribution in [-0.4, -0.2) is 18.4 Å². The van der Waals surface area contributed by atoms with Crippen LogP contribution in [0.2, 0.25) is 0 Å². The zero-order valence-corrected chi connectivity index (χ0v) is 15.2. The Balaban J connectivity index is 2.15. The molecule has 24 heavy (non-hydrogen) atoms. The summed E-state index contributed by atoms with van der Waals surface area (Å²) in [6.07, 6.45) is 10.6. The third kappa shape index (κ3) is 8.14. The largest absolute Gasteiger partial charge is 0.348 e. The van der Waals surface area contributed by atoms with E-state index in [0.29, 0.717) is 12.2 Å². The minimum Gasteiger partial charge on any atom is -0.348 e. The summed E-state index contributed by atoms with van der Waals surface area (Å²) in [6, 6.07) is 7.56. The summed E-state index contributed by atoms with van der Waals surface area (Å²) >= 11 is 0. The average molecular weight is 332 g/mol. The van der Waals surface area contributed by atoms with Gasteiger partial charge in [-0.1, -0.05) is 77.0 Å². The fourth-order valence-electron chi connectivity index (χ4n) is 2.67. The van der Waals surface area contributed by atoms with Crippen LogP contribution in [0.4, 0.5) is 5.69 Å². The molecule has 2 amide bonds. The fraction of sp³-hybridized carbons (Fsp3) is 0.600. The van der Waals surface area contributed by atoms with Crippen LogP contribution in [0.25, 0.3) is 0 Å². The highest BCUT2D eigenvalue weighted by Crippen LogP contribution is 2.15. The van der Waals surface area contributed by atoms with E-state index in [1.807, 2.05) is 31.2 Å². The van der Waals surface area contributed by atoms with Crippen molar-refractivity contribution in [2.75, 3.05) is 11.9 Å². The second kappa shape index (κ2) is 12.6. The molecule has 134 valence electrons. The Bertz CT molecular complexity index is 500. The molecule has 0 atom stereocenters. The van der Waals surface area contributed by atoms with Gasteiger partial charge in [-0.05, 0) is 24.5 Å². The Morgan fingerprint density at radius 1 is 0.833 bits per heavy atom. The Kier molecular flexibility index (Phi) is 10.6. The maximum absolute atomic E-state index is 11.9. The van der Waals surface area contributed by atoms with Gasteiger partial charge in [-0.2, -0.15) is 0 Å². The number of aryl methyl sites for hydroxylation is 1. The fourth-order valence-corrected chi connectivity index (χ4v) is 2.67. The summed E-state index contributed by atoms with van der Waals surface area (Å²) in [5, 5.41) is 5.39. The van der Waals surface area contributed by atoms with Crippen LogP contribution in [0.3, 0.4) is 0 Å². The Morgan fingerprint density at radius 2 is 1.46 bits per heavy atom. The lowest BCUT2D eigenvalue weighted by atomic mass is 10.1. The minimum atomic E-state index is -0.588. The standard InChI is InChI=1S/C20H32N2O2/c1-3-5-6-7-8-9-10-13-16-21-19(23)20(24)22-18-15-12-11-14-17(18)4-2/h11-12,14-15H,3-10,13,16H2,1-2H3,(H,21,23)(H,22,24). The second-order valence-electron chi connectivity index (χ2n) is 6.20. The number of amides is 2. The zero-order chi connectivity index (χ0) is 17.6. The molecule has 2 N–H and O–H groups in total. The van der Waals surface area contributed by atoms with Gasteiger partial charge in [-0.25, -0.2) is 0 Å². The van der Waals surface area contributed by atoms with Crippen LogP contribution in [0, 0.1) is 0 Å². The molecule has 0 fully saturated rings. The third-order valence-corrected chi connectivity index (χ3v) is 4.17. The summed E-state index contributed by atoms with van der Waals surface area (Å²) in [5.74, 6) is -1.14. The molecule has 1 aromatic rings. The maximum Gasteiger partial charge on any atom is 0.313 e. The number of nitrogens with one attached hydrogen (secondary N) is 2. The van der Waals surface area contributed by atoms with Crippen molar-refractivity contribution in [1.29, 1.82) is 0 Å². The second-order valence-corrected chi connectivity index (χ2v) is 6.20. The summed E-state index contributed by atoms with van der Waals surface area (Å²) in [7, 11) is 0. The quantitative estimate of drug-likeness (QED) is 0.465. The lowest BCUT2D eigenvalue weighted by molar-refractivity contribution is -0.136. The SMILES string of the molecule is CCCCCCCCCCNC(=O)C(=O)Nc1ccccc1CC. The number of anilines is 1. The molecule has 1 aromatic carbocycles. The predicted molar refractivity (Wildman–Crippen MR) is 100 cm³/mol. The van der Waals surface area contributed by atoms with Crippen LogP contribution in [0.15, 0.2) is 24.3 Å². The molecule has 0 saturated heterocycles. The Hall–Kier alpha value is -1.84. The molecule has 0 radical (unpaired) electrons. The molecule has 1 rings (SSSR count). The smallest absolute Gasteiger partial charge is 0.313 e. The van der Waals surface area contributed by atoms with Crippen LogP contribution in [0.1, 0.15) is 70.8 Å². The van der Waals surface area contributed by atoms with E-state index in [9.17, 15) is 9.59 Å². The molecule has 0 aliphatic carbocycles. The van der Waals surface area contributed by atoms with Crippen LogP contribution < -0.4 is 10.6 Å². The van der Waals surface area contributed by atoms with Crippen molar-refractivity contribution in [3.63, 3.8) is 0 Å². The van der Waals surface area contributed by atoms with Gasteiger partial charge in [-0.15, -0.1) is 0 Å². The van der Waals surface area contributed by atoms with E-state index >= 15 is 0 Å². The van der Waals surface area contributed by atoms with E-state index in [1.165, 1.54) is 38.5 Å². The van der Waals surface area contributed by atoms with Crippen molar-refractivity contribution in [2.24, 2.45) is 0 Å². The molecule has 0 aliphatic heterocycles. The van der Waals surface area contributed by atoms with Crippen molar-refractivity contribution in [3.8, 4) is 0 Å². The Morgan fingerprint density at radius 3 is 2.12 bits per heavy atom. The number of hydrogen-bond donors (Lipinski definition) is 2. The Labute approximate surface area is 146 Å².